The van der Waals surface area contributed by atoms with E-state index < -0.39 is 0 Å². The van der Waals surface area contributed by atoms with Crippen LogP contribution in [0, 0.1) is 0 Å². The van der Waals surface area contributed by atoms with Gasteiger partial charge in [-0.1, -0.05) is 13.3 Å². The summed E-state index contributed by atoms with van der Waals surface area (Å²) in [7, 11) is 1.65. The van der Waals surface area contributed by atoms with E-state index in [-0.39, 0.29) is 11.9 Å². The number of nitrogens with one attached hydrogen (secondary N) is 2. The topological polar surface area (TPSA) is 50.4 Å². The lowest BCUT2D eigenvalue weighted by atomic mass is 10.1. The maximum atomic E-state index is 12.1. The van der Waals surface area contributed by atoms with Gasteiger partial charge in [-0.05, 0) is 37.6 Å². The lowest BCUT2D eigenvalue weighted by Gasteiger charge is -2.17. The van der Waals surface area contributed by atoms with E-state index in [0.29, 0.717) is 12.2 Å². The Morgan fingerprint density at radius 3 is 2.47 bits per heavy atom. The highest BCUT2D eigenvalue weighted by atomic mass is 16.5. The number of carbonyl (C=O) groups excluding carboxylic acids is 1. The molecule has 4 nitrogen and oxygen atoms in total. The summed E-state index contributed by atoms with van der Waals surface area (Å²) in [5, 5.41) is 6.21. The molecule has 1 aromatic carbocycles. The van der Waals surface area contributed by atoms with Gasteiger partial charge in [0.15, 0.2) is 0 Å². The van der Waals surface area contributed by atoms with Crippen molar-refractivity contribution < 1.29 is 9.53 Å². The van der Waals surface area contributed by atoms with Crippen molar-refractivity contribution in [2.24, 2.45) is 0 Å². The maximum Gasteiger partial charge on any atom is 0.251 e. The van der Waals surface area contributed by atoms with E-state index in [1.54, 1.807) is 7.11 Å². The molecular weight excluding hydrogens is 240 g/mol. The number of anilines is 1. The monoisotopic (exact) mass is 264 g/mol. The van der Waals surface area contributed by atoms with Gasteiger partial charge in [0.05, 0.1) is 12.6 Å². The minimum atomic E-state index is -0.0430. The van der Waals surface area contributed by atoms with Crippen molar-refractivity contribution in [2.45, 2.75) is 32.7 Å². The molecule has 0 bridgehead atoms. The van der Waals surface area contributed by atoms with Gasteiger partial charge in [0.1, 0.15) is 0 Å². The molecule has 0 radical (unpaired) electrons. The van der Waals surface area contributed by atoms with Crippen LogP contribution in [-0.4, -0.2) is 32.2 Å². The summed E-state index contributed by atoms with van der Waals surface area (Å²) < 4.78 is 5.12. The number of rotatable bonds is 8. The first-order valence-corrected chi connectivity index (χ1v) is 6.85. The molecule has 1 amide bonds. The van der Waals surface area contributed by atoms with Crippen LogP contribution in [0.2, 0.25) is 0 Å². The predicted octanol–water partition coefficient (Wildman–Crippen LogP) is 2.66. The van der Waals surface area contributed by atoms with Crippen molar-refractivity contribution in [3.8, 4) is 0 Å². The number of hydrogen-bond acceptors (Lipinski definition) is 3. The zero-order valence-corrected chi connectivity index (χ0v) is 12.0. The molecule has 0 aliphatic rings. The fourth-order valence-electron chi connectivity index (χ4n) is 1.96. The van der Waals surface area contributed by atoms with E-state index >= 15 is 0 Å². The second-order valence-corrected chi connectivity index (χ2v) is 4.52. The van der Waals surface area contributed by atoms with Crippen LogP contribution in [0.25, 0.3) is 0 Å². The molecule has 0 aliphatic carbocycles. The highest BCUT2D eigenvalue weighted by molar-refractivity contribution is 5.94. The third-order valence-corrected chi connectivity index (χ3v) is 2.87. The van der Waals surface area contributed by atoms with Crippen molar-refractivity contribution >= 4 is 11.6 Å². The smallest absolute Gasteiger partial charge is 0.251 e. The van der Waals surface area contributed by atoms with Crippen molar-refractivity contribution in [3.63, 3.8) is 0 Å². The molecule has 1 aromatic rings. The summed E-state index contributed by atoms with van der Waals surface area (Å²) in [4.78, 5) is 12.1. The van der Waals surface area contributed by atoms with Crippen LogP contribution in [0.15, 0.2) is 24.3 Å². The van der Waals surface area contributed by atoms with E-state index in [4.69, 9.17) is 4.74 Å². The summed E-state index contributed by atoms with van der Waals surface area (Å²) in [5.41, 5.74) is 1.71. The molecule has 19 heavy (non-hydrogen) atoms. The van der Waals surface area contributed by atoms with Crippen LogP contribution < -0.4 is 10.6 Å². The average Bonchev–Trinajstić information content (AvgIpc) is 2.40. The number of carbonyl (C=O) groups is 1. The predicted molar refractivity (Wildman–Crippen MR) is 78.6 cm³/mol. The Morgan fingerprint density at radius 1 is 1.26 bits per heavy atom. The summed E-state index contributed by atoms with van der Waals surface area (Å²) >= 11 is 0. The normalized spacial score (nSPS) is 11.9. The van der Waals surface area contributed by atoms with Gasteiger partial charge >= 0.3 is 0 Å². The second-order valence-electron chi connectivity index (χ2n) is 4.52. The largest absolute Gasteiger partial charge is 0.385 e. The molecule has 2 N–H and O–H groups in total. The molecule has 1 unspecified atom stereocenters. The van der Waals surface area contributed by atoms with Crippen molar-refractivity contribution in [2.75, 3.05) is 25.6 Å². The number of hydrogen-bond donors (Lipinski definition) is 2. The third kappa shape index (κ3) is 5.30. The van der Waals surface area contributed by atoms with Crippen LogP contribution in [0.4, 0.5) is 5.69 Å². The summed E-state index contributed by atoms with van der Waals surface area (Å²) in [6.45, 7) is 5.56. The molecule has 0 aromatic heterocycles. The van der Waals surface area contributed by atoms with Gasteiger partial charge in [0.2, 0.25) is 0 Å². The molecule has 0 spiro atoms. The Bertz CT molecular complexity index is 370. The van der Waals surface area contributed by atoms with Gasteiger partial charge in [-0.2, -0.15) is 0 Å². The molecular formula is C15H24N2O2. The standard InChI is InChI=1S/C15H24N2O2/c1-4-6-14(11-19-3)17-15(18)12-7-9-13(10-8-12)16-5-2/h7-10,14,16H,4-6,11H2,1-3H3,(H,17,18). The molecule has 4 heteroatoms. The maximum absolute atomic E-state index is 12.1. The van der Waals surface area contributed by atoms with E-state index in [1.807, 2.05) is 31.2 Å². The second kappa shape index (κ2) is 8.53. The number of benzene rings is 1. The zero-order valence-electron chi connectivity index (χ0n) is 12.0. The van der Waals surface area contributed by atoms with E-state index in [2.05, 4.69) is 17.6 Å². The van der Waals surface area contributed by atoms with Crippen LogP contribution in [0.3, 0.4) is 0 Å². The Balaban J connectivity index is 2.60. The molecule has 106 valence electrons. The summed E-state index contributed by atoms with van der Waals surface area (Å²) in [5.74, 6) is -0.0430. The Labute approximate surface area is 115 Å². The van der Waals surface area contributed by atoms with Crippen LogP contribution in [-0.2, 0) is 4.74 Å². The van der Waals surface area contributed by atoms with Gasteiger partial charge in [-0.3, -0.25) is 4.79 Å². The highest BCUT2D eigenvalue weighted by Gasteiger charge is 2.12. The fourth-order valence-corrected chi connectivity index (χ4v) is 1.96. The number of methoxy groups -OCH3 is 1. The molecule has 1 rings (SSSR count). The summed E-state index contributed by atoms with van der Waals surface area (Å²) in [6.07, 6.45) is 1.95. The molecule has 0 saturated carbocycles. The molecule has 0 fully saturated rings. The van der Waals surface area contributed by atoms with Crippen molar-refractivity contribution in [3.05, 3.63) is 29.8 Å². The third-order valence-electron chi connectivity index (χ3n) is 2.87. The Morgan fingerprint density at radius 2 is 1.95 bits per heavy atom. The van der Waals surface area contributed by atoms with Gasteiger partial charge < -0.3 is 15.4 Å². The SMILES string of the molecule is CCCC(COC)NC(=O)c1ccc(NCC)cc1. The van der Waals surface area contributed by atoms with Crippen LogP contribution in [0.5, 0.6) is 0 Å². The quantitative estimate of drug-likeness (QED) is 0.759. The molecule has 1 atom stereocenters. The highest BCUT2D eigenvalue weighted by Crippen LogP contribution is 2.09. The molecule has 0 aliphatic heterocycles. The number of ether oxygens (including phenoxy) is 1. The van der Waals surface area contributed by atoms with Crippen LogP contribution in [0.1, 0.15) is 37.0 Å². The Hall–Kier alpha value is -1.55. The Kier molecular flexibility index (Phi) is 6.97. The minimum absolute atomic E-state index is 0.0430. The molecule has 0 saturated heterocycles. The first-order valence-electron chi connectivity index (χ1n) is 6.85. The average molecular weight is 264 g/mol. The van der Waals surface area contributed by atoms with Crippen molar-refractivity contribution in [1.82, 2.24) is 5.32 Å². The van der Waals surface area contributed by atoms with E-state index in [9.17, 15) is 4.79 Å². The van der Waals surface area contributed by atoms with Gasteiger partial charge in [-0.15, -0.1) is 0 Å². The minimum Gasteiger partial charge on any atom is -0.385 e. The number of amides is 1. The fraction of sp³-hybridized carbons (Fsp3) is 0.533. The molecule has 0 heterocycles. The van der Waals surface area contributed by atoms with E-state index in [1.165, 1.54) is 0 Å². The van der Waals surface area contributed by atoms with Gasteiger partial charge in [0, 0.05) is 24.9 Å². The first kappa shape index (κ1) is 15.5. The first-order chi connectivity index (χ1) is 9.21. The van der Waals surface area contributed by atoms with Crippen molar-refractivity contribution in [1.29, 1.82) is 0 Å². The van der Waals surface area contributed by atoms with Gasteiger partial charge in [-0.25, -0.2) is 0 Å². The van der Waals surface area contributed by atoms with E-state index in [0.717, 1.165) is 25.1 Å². The zero-order chi connectivity index (χ0) is 14.1. The van der Waals surface area contributed by atoms with Crippen LogP contribution >= 0.6 is 0 Å². The lowest BCUT2D eigenvalue weighted by Crippen LogP contribution is -2.37. The summed E-state index contributed by atoms with van der Waals surface area (Å²) in [6, 6.07) is 7.59. The van der Waals surface area contributed by atoms with Gasteiger partial charge in [0.25, 0.3) is 5.91 Å². The lowest BCUT2D eigenvalue weighted by molar-refractivity contribution is 0.0891.